The first-order chi connectivity index (χ1) is 9.11. The van der Waals surface area contributed by atoms with Gasteiger partial charge < -0.3 is 20.1 Å². The fraction of sp³-hybridized carbons (Fsp3) is 0.929. The van der Waals surface area contributed by atoms with Gasteiger partial charge in [0.15, 0.2) is 0 Å². The maximum Gasteiger partial charge on any atom is 0.229 e. The van der Waals surface area contributed by atoms with E-state index in [1.165, 1.54) is 0 Å². The quantitative estimate of drug-likeness (QED) is 0.778. The van der Waals surface area contributed by atoms with Crippen LogP contribution in [-0.2, 0) is 9.53 Å². The molecule has 2 fully saturated rings. The van der Waals surface area contributed by atoms with E-state index in [1.807, 2.05) is 11.8 Å². The largest absolute Gasteiger partial charge is 0.394 e. The zero-order chi connectivity index (χ0) is 13.9. The molecule has 0 aromatic heterocycles. The molecule has 0 spiro atoms. The molecule has 2 unspecified atom stereocenters. The zero-order valence-corrected chi connectivity index (χ0v) is 12.0. The minimum Gasteiger partial charge on any atom is -0.394 e. The molecule has 0 radical (unpaired) electrons. The number of aliphatic hydroxyl groups excluding tert-OH is 1. The number of aliphatic hydroxyl groups is 1. The molecule has 0 bridgehead atoms. The smallest absolute Gasteiger partial charge is 0.229 e. The summed E-state index contributed by atoms with van der Waals surface area (Å²) in [5, 5.41) is 12.6. The summed E-state index contributed by atoms with van der Waals surface area (Å²) in [6.45, 7) is 7.06. The molecule has 0 aromatic carbocycles. The summed E-state index contributed by atoms with van der Waals surface area (Å²) >= 11 is 0. The third kappa shape index (κ3) is 3.09. The van der Waals surface area contributed by atoms with Crippen molar-refractivity contribution >= 4 is 5.91 Å². The van der Waals surface area contributed by atoms with Gasteiger partial charge in [-0.2, -0.15) is 0 Å². The van der Waals surface area contributed by atoms with E-state index in [0.29, 0.717) is 13.1 Å². The number of hydrogen-bond acceptors (Lipinski definition) is 4. The van der Waals surface area contributed by atoms with Crippen molar-refractivity contribution < 1.29 is 14.6 Å². The molecular formula is C14H26N2O3. The van der Waals surface area contributed by atoms with Gasteiger partial charge in [-0.25, -0.2) is 0 Å². The zero-order valence-electron chi connectivity index (χ0n) is 12.0. The normalized spacial score (nSPS) is 31.2. The molecule has 0 aliphatic carbocycles. The Morgan fingerprint density at radius 2 is 2.11 bits per heavy atom. The molecule has 2 heterocycles. The molecule has 0 aromatic rings. The highest BCUT2D eigenvalue weighted by Gasteiger charge is 2.42. The van der Waals surface area contributed by atoms with Gasteiger partial charge in [-0.3, -0.25) is 4.79 Å². The molecule has 2 N–H and O–H groups in total. The second-order valence-electron chi connectivity index (χ2n) is 5.85. The van der Waals surface area contributed by atoms with Crippen molar-refractivity contribution in [2.75, 3.05) is 32.8 Å². The van der Waals surface area contributed by atoms with Gasteiger partial charge in [0.2, 0.25) is 5.91 Å². The van der Waals surface area contributed by atoms with Gasteiger partial charge in [-0.15, -0.1) is 0 Å². The molecule has 2 aliphatic heterocycles. The standard InChI is InChI=1S/C14H26N2O3/c1-3-14(4-6-15-7-5-14)13(18)16-8-11(2)19-12(9-16)10-17/h11-12,15,17H,3-10H2,1-2H3. The van der Waals surface area contributed by atoms with Gasteiger partial charge in [-0.1, -0.05) is 6.92 Å². The number of amides is 1. The number of carbonyl (C=O) groups excluding carboxylic acids is 1. The summed E-state index contributed by atoms with van der Waals surface area (Å²) in [6, 6.07) is 0. The Labute approximate surface area is 115 Å². The third-order valence-electron chi connectivity index (χ3n) is 4.51. The van der Waals surface area contributed by atoms with E-state index in [4.69, 9.17) is 4.74 Å². The van der Waals surface area contributed by atoms with Crippen LogP contribution in [0, 0.1) is 5.41 Å². The number of ether oxygens (including phenoxy) is 1. The molecule has 19 heavy (non-hydrogen) atoms. The summed E-state index contributed by atoms with van der Waals surface area (Å²) in [6.07, 6.45) is 2.49. The predicted molar refractivity (Wildman–Crippen MR) is 72.8 cm³/mol. The number of carbonyl (C=O) groups is 1. The van der Waals surface area contributed by atoms with Crippen LogP contribution in [0.3, 0.4) is 0 Å². The van der Waals surface area contributed by atoms with Crippen LogP contribution in [0.2, 0.25) is 0 Å². The molecule has 110 valence electrons. The van der Waals surface area contributed by atoms with Crippen molar-refractivity contribution in [3.8, 4) is 0 Å². The minimum atomic E-state index is -0.233. The highest BCUT2D eigenvalue weighted by atomic mass is 16.5. The molecule has 0 saturated carbocycles. The lowest BCUT2D eigenvalue weighted by molar-refractivity contribution is -0.159. The minimum absolute atomic E-state index is 0.00507. The average molecular weight is 270 g/mol. The summed E-state index contributed by atoms with van der Waals surface area (Å²) in [4.78, 5) is 14.8. The number of nitrogens with zero attached hydrogens (tertiary/aromatic N) is 1. The molecule has 1 amide bonds. The van der Waals surface area contributed by atoms with E-state index in [2.05, 4.69) is 12.2 Å². The van der Waals surface area contributed by atoms with Crippen LogP contribution in [0.15, 0.2) is 0 Å². The fourth-order valence-corrected chi connectivity index (χ4v) is 3.27. The van der Waals surface area contributed by atoms with Crippen molar-refractivity contribution in [3.63, 3.8) is 0 Å². The Hall–Kier alpha value is -0.650. The first kappa shape index (κ1) is 14.8. The van der Waals surface area contributed by atoms with Gasteiger partial charge in [0.1, 0.15) is 0 Å². The highest BCUT2D eigenvalue weighted by molar-refractivity contribution is 5.83. The van der Waals surface area contributed by atoms with Gasteiger partial charge in [-0.05, 0) is 39.3 Å². The van der Waals surface area contributed by atoms with E-state index >= 15 is 0 Å². The van der Waals surface area contributed by atoms with E-state index in [0.717, 1.165) is 32.4 Å². The Kier molecular flexibility index (Phi) is 4.81. The molecule has 2 saturated heterocycles. The topological polar surface area (TPSA) is 61.8 Å². The summed E-state index contributed by atoms with van der Waals surface area (Å²) in [7, 11) is 0. The van der Waals surface area contributed by atoms with Crippen LogP contribution in [0.25, 0.3) is 0 Å². The second kappa shape index (κ2) is 6.20. The van der Waals surface area contributed by atoms with Crippen LogP contribution in [0.4, 0.5) is 0 Å². The van der Waals surface area contributed by atoms with E-state index in [9.17, 15) is 9.90 Å². The Bertz CT molecular complexity index is 316. The van der Waals surface area contributed by atoms with Gasteiger partial charge >= 0.3 is 0 Å². The average Bonchev–Trinajstić information content (AvgIpc) is 2.46. The fourth-order valence-electron chi connectivity index (χ4n) is 3.27. The Morgan fingerprint density at radius 1 is 1.42 bits per heavy atom. The lowest BCUT2D eigenvalue weighted by atomic mass is 9.75. The van der Waals surface area contributed by atoms with Gasteiger partial charge in [0.05, 0.1) is 24.2 Å². The molecule has 2 atom stereocenters. The predicted octanol–water partition coefficient (Wildman–Crippen LogP) is 0.374. The summed E-state index contributed by atoms with van der Waals surface area (Å²) < 4.78 is 5.61. The maximum absolute atomic E-state index is 12.9. The molecule has 2 rings (SSSR count). The molecular weight excluding hydrogens is 244 g/mol. The van der Waals surface area contributed by atoms with E-state index in [1.54, 1.807) is 0 Å². The van der Waals surface area contributed by atoms with Gasteiger partial charge in [0.25, 0.3) is 0 Å². The SMILES string of the molecule is CCC1(C(=O)N2CC(C)OC(CO)C2)CCNCC1. The van der Waals surface area contributed by atoms with Crippen LogP contribution >= 0.6 is 0 Å². The summed E-state index contributed by atoms with van der Waals surface area (Å²) in [5.74, 6) is 0.255. The molecule has 5 heteroatoms. The van der Waals surface area contributed by atoms with Crippen molar-refractivity contribution in [3.05, 3.63) is 0 Å². The second-order valence-corrected chi connectivity index (χ2v) is 5.85. The number of nitrogens with one attached hydrogen (secondary N) is 1. The van der Waals surface area contributed by atoms with Crippen molar-refractivity contribution in [1.82, 2.24) is 10.2 Å². The van der Waals surface area contributed by atoms with Crippen LogP contribution < -0.4 is 5.32 Å². The highest BCUT2D eigenvalue weighted by Crippen LogP contribution is 2.35. The monoisotopic (exact) mass is 270 g/mol. The van der Waals surface area contributed by atoms with Gasteiger partial charge in [0, 0.05) is 13.1 Å². The molecule has 5 nitrogen and oxygen atoms in total. The summed E-state index contributed by atoms with van der Waals surface area (Å²) in [5.41, 5.74) is -0.206. The van der Waals surface area contributed by atoms with E-state index < -0.39 is 0 Å². The lowest BCUT2D eigenvalue weighted by Gasteiger charge is -2.43. The third-order valence-corrected chi connectivity index (χ3v) is 4.51. The molecule has 2 aliphatic rings. The van der Waals surface area contributed by atoms with Crippen LogP contribution in [-0.4, -0.2) is 60.9 Å². The van der Waals surface area contributed by atoms with Crippen LogP contribution in [0.5, 0.6) is 0 Å². The maximum atomic E-state index is 12.9. The Morgan fingerprint density at radius 3 is 2.68 bits per heavy atom. The first-order valence-corrected chi connectivity index (χ1v) is 7.37. The van der Waals surface area contributed by atoms with Crippen molar-refractivity contribution in [2.24, 2.45) is 5.41 Å². The number of hydrogen-bond donors (Lipinski definition) is 2. The lowest BCUT2D eigenvalue weighted by Crippen LogP contribution is -2.56. The number of rotatable bonds is 3. The number of morpholine rings is 1. The number of piperidine rings is 1. The van der Waals surface area contributed by atoms with Crippen LogP contribution in [0.1, 0.15) is 33.1 Å². The van der Waals surface area contributed by atoms with Crippen molar-refractivity contribution in [1.29, 1.82) is 0 Å². The Balaban J connectivity index is 2.08. The first-order valence-electron chi connectivity index (χ1n) is 7.37. The van der Waals surface area contributed by atoms with Crippen molar-refractivity contribution in [2.45, 2.75) is 45.3 Å². The van der Waals surface area contributed by atoms with E-state index in [-0.39, 0.29) is 30.1 Å².